The van der Waals surface area contributed by atoms with Crippen LogP contribution in [0.2, 0.25) is 5.02 Å². The lowest BCUT2D eigenvalue weighted by Gasteiger charge is -2.05. The quantitative estimate of drug-likeness (QED) is 0.642. The van der Waals surface area contributed by atoms with Gasteiger partial charge in [-0.25, -0.2) is 9.78 Å². The van der Waals surface area contributed by atoms with Gasteiger partial charge in [-0.05, 0) is 24.4 Å². The predicted molar refractivity (Wildman–Crippen MR) is 56.6 cm³/mol. The number of anilines is 1. The molecule has 0 unspecified atom stereocenters. The standard InChI is InChI=1S/C7H6ClN3O2S/c8-4-1-2-9-5(3-4)10-6(14)11-7(12)13/h1-3H,(H,12,13)(H2,9,10,11,14). The van der Waals surface area contributed by atoms with E-state index in [9.17, 15) is 4.79 Å². The van der Waals surface area contributed by atoms with E-state index in [1.165, 1.54) is 12.3 Å². The Labute approximate surface area is 90.1 Å². The number of carboxylic acid groups (broad SMARTS) is 1. The molecule has 7 heteroatoms. The van der Waals surface area contributed by atoms with Crippen LogP contribution in [0.25, 0.3) is 0 Å². The fourth-order valence-electron chi connectivity index (χ4n) is 0.718. The Hall–Kier alpha value is -1.40. The number of aromatic nitrogens is 1. The fourth-order valence-corrected chi connectivity index (χ4v) is 1.07. The highest BCUT2D eigenvalue weighted by atomic mass is 35.5. The van der Waals surface area contributed by atoms with E-state index in [1.54, 1.807) is 6.07 Å². The number of nitrogens with zero attached hydrogens (tertiary/aromatic N) is 1. The van der Waals surface area contributed by atoms with Crippen molar-refractivity contribution >= 4 is 40.8 Å². The molecule has 0 saturated carbocycles. The fraction of sp³-hybridized carbons (Fsp3) is 0. The monoisotopic (exact) mass is 231 g/mol. The molecule has 1 amide bonds. The highest BCUT2D eigenvalue weighted by molar-refractivity contribution is 7.80. The van der Waals surface area contributed by atoms with Crippen molar-refractivity contribution in [2.24, 2.45) is 0 Å². The Morgan fingerprint density at radius 3 is 2.93 bits per heavy atom. The van der Waals surface area contributed by atoms with Crippen LogP contribution in [-0.4, -0.2) is 21.3 Å². The number of amides is 1. The summed E-state index contributed by atoms with van der Waals surface area (Å²) in [4.78, 5) is 14.1. The van der Waals surface area contributed by atoms with Gasteiger partial charge in [0.2, 0.25) is 0 Å². The first kappa shape index (κ1) is 10.7. The maximum atomic E-state index is 10.2. The van der Waals surface area contributed by atoms with Crippen LogP contribution < -0.4 is 10.6 Å². The van der Waals surface area contributed by atoms with Crippen molar-refractivity contribution in [1.29, 1.82) is 0 Å². The number of nitrogens with one attached hydrogen (secondary N) is 2. The first-order valence-corrected chi connectivity index (χ1v) is 4.29. The van der Waals surface area contributed by atoms with Crippen molar-refractivity contribution in [1.82, 2.24) is 10.3 Å². The van der Waals surface area contributed by atoms with Crippen LogP contribution in [0.15, 0.2) is 18.3 Å². The molecule has 0 aliphatic carbocycles. The molecule has 0 spiro atoms. The third kappa shape index (κ3) is 3.55. The number of carbonyl (C=O) groups is 1. The highest BCUT2D eigenvalue weighted by Crippen LogP contribution is 2.11. The Kier molecular flexibility index (Phi) is 3.61. The molecule has 74 valence electrons. The number of thiocarbonyl (C=S) groups is 1. The summed E-state index contributed by atoms with van der Waals surface area (Å²) < 4.78 is 0. The largest absolute Gasteiger partial charge is 0.465 e. The van der Waals surface area contributed by atoms with Gasteiger partial charge in [0.05, 0.1) is 0 Å². The molecule has 1 rings (SSSR count). The smallest absolute Gasteiger partial charge is 0.410 e. The Bertz CT molecular complexity index is 372. The zero-order valence-electron chi connectivity index (χ0n) is 6.82. The number of halogens is 1. The van der Waals surface area contributed by atoms with E-state index in [4.69, 9.17) is 16.7 Å². The summed E-state index contributed by atoms with van der Waals surface area (Å²) in [6.45, 7) is 0. The van der Waals surface area contributed by atoms with Crippen molar-refractivity contribution in [3.63, 3.8) is 0 Å². The van der Waals surface area contributed by atoms with Gasteiger partial charge in [-0.3, -0.25) is 5.32 Å². The molecule has 0 aliphatic rings. The summed E-state index contributed by atoms with van der Waals surface area (Å²) in [5, 5.41) is 13.3. The Balaban J connectivity index is 2.60. The van der Waals surface area contributed by atoms with Crippen molar-refractivity contribution in [3.05, 3.63) is 23.4 Å². The van der Waals surface area contributed by atoms with Crippen molar-refractivity contribution in [2.45, 2.75) is 0 Å². The van der Waals surface area contributed by atoms with Gasteiger partial charge < -0.3 is 10.4 Å². The van der Waals surface area contributed by atoms with E-state index in [0.29, 0.717) is 10.8 Å². The topological polar surface area (TPSA) is 74.2 Å². The van der Waals surface area contributed by atoms with Gasteiger partial charge in [-0.2, -0.15) is 0 Å². The van der Waals surface area contributed by atoms with Gasteiger partial charge in [0.15, 0.2) is 5.11 Å². The molecule has 0 saturated heterocycles. The molecular weight excluding hydrogens is 226 g/mol. The van der Waals surface area contributed by atoms with E-state index in [1.807, 2.05) is 5.32 Å². The summed E-state index contributed by atoms with van der Waals surface area (Å²) in [5.74, 6) is 0.385. The van der Waals surface area contributed by atoms with Crippen molar-refractivity contribution < 1.29 is 9.90 Å². The van der Waals surface area contributed by atoms with Crippen LogP contribution in [-0.2, 0) is 0 Å². The molecule has 5 nitrogen and oxygen atoms in total. The summed E-state index contributed by atoms with van der Waals surface area (Å²) in [6.07, 6.45) is 0.248. The van der Waals surface area contributed by atoms with Gasteiger partial charge in [0.1, 0.15) is 5.82 Å². The summed E-state index contributed by atoms with van der Waals surface area (Å²) in [5.41, 5.74) is 0. The van der Waals surface area contributed by atoms with Crippen LogP contribution in [0.1, 0.15) is 0 Å². The average Bonchev–Trinajstić information content (AvgIpc) is 2.01. The predicted octanol–water partition coefficient (Wildman–Crippen LogP) is 1.70. The molecule has 1 aromatic heterocycles. The lowest BCUT2D eigenvalue weighted by atomic mass is 10.4. The average molecular weight is 232 g/mol. The molecule has 1 heterocycles. The summed E-state index contributed by atoms with van der Waals surface area (Å²) >= 11 is 10.3. The third-order valence-corrected chi connectivity index (χ3v) is 1.62. The third-order valence-electron chi connectivity index (χ3n) is 1.18. The second kappa shape index (κ2) is 4.73. The lowest BCUT2D eigenvalue weighted by Crippen LogP contribution is -2.32. The number of hydrogen-bond donors (Lipinski definition) is 3. The Morgan fingerprint density at radius 2 is 2.36 bits per heavy atom. The van der Waals surface area contributed by atoms with E-state index in [0.717, 1.165) is 0 Å². The minimum absolute atomic E-state index is 0.0488. The second-order valence-electron chi connectivity index (χ2n) is 2.24. The molecule has 0 fully saturated rings. The second-order valence-corrected chi connectivity index (χ2v) is 3.09. The van der Waals surface area contributed by atoms with Crippen LogP contribution in [0, 0.1) is 0 Å². The zero-order valence-corrected chi connectivity index (χ0v) is 8.39. The van der Waals surface area contributed by atoms with Crippen molar-refractivity contribution in [2.75, 3.05) is 5.32 Å². The summed E-state index contributed by atoms with van der Waals surface area (Å²) in [7, 11) is 0. The van der Waals surface area contributed by atoms with Crippen LogP contribution in [0.4, 0.5) is 10.6 Å². The normalized spacial score (nSPS) is 9.21. The first-order valence-electron chi connectivity index (χ1n) is 3.50. The number of pyridine rings is 1. The molecule has 0 atom stereocenters. The van der Waals surface area contributed by atoms with Crippen LogP contribution >= 0.6 is 23.8 Å². The minimum atomic E-state index is -1.23. The maximum absolute atomic E-state index is 10.2. The molecule has 1 aromatic rings. The SMILES string of the molecule is O=C(O)NC(=S)Nc1cc(Cl)ccn1. The number of rotatable bonds is 1. The molecular formula is C7H6ClN3O2S. The lowest BCUT2D eigenvalue weighted by molar-refractivity contribution is 0.200. The van der Waals surface area contributed by atoms with Crippen LogP contribution in [0.3, 0.4) is 0 Å². The van der Waals surface area contributed by atoms with Crippen LogP contribution in [0.5, 0.6) is 0 Å². The Morgan fingerprint density at radius 1 is 1.64 bits per heavy atom. The molecule has 0 bridgehead atoms. The number of hydrogen-bond acceptors (Lipinski definition) is 3. The molecule has 0 radical (unpaired) electrons. The van der Waals surface area contributed by atoms with E-state index in [2.05, 4.69) is 22.5 Å². The zero-order chi connectivity index (χ0) is 10.6. The molecule has 0 aliphatic heterocycles. The maximum Gasteiger partial charge on any atom is 0.410 e. The molecule has 14 heavy (non-hydrogen) atoms. The summed E-state index contributed by atoms with van der Waals surface area (Å²) in [6, 6.07) is 3.12. The van der Waals surface area contributed by atoms with E-state index >= 15 is 0 Å². The van der Waals surface area contributed by atoms with E-state index < -0.39 is 6.09 Å². The molecule has 0 aromatic carbocycles. The minimum Gasteiger partial charge on any atom is -0.465 e. The van der Waals surface area contributed by atoms with Gasteiger partial charge in [-0.15, -0.1) is 0 Å². The molecule has 3 N–H and O–H groups in total. The van der Waals surface area contributed by atoms with Gasteiger partial charge in [-0.1, -0.05) is 11.6 Å². The highest BCUT2D eigenvalue weighted by Gasteiger charge is 2.02. The van der Waals surface area contributed by atoms with Gasteiger partial charge in [0.25, 0.3) is 0 Å². The first-order chi connectivity index (χ1) is 6.58. The van der Waals surface area contributed by atoms with Gasteiger partial charge in [0, 0.05) is 11.2 Å². The van der Waals surface area contributed by atoms with Crippen molar-refractivity contribution in [3.8, 4) is 0 Å². The van der Waals surface area contributed by atoms with E-state index in [-0.39, 0.29) is 5.11 Å². The van der Waals surface area contributed by atoms with Gasteiger partial charge >= 0.3 is 6.09 Å².